The van der Waals surface area contributed by atoms with Crippen LogP contribution in [0.25, 0.3) is 11.5 Å². The molecule has 1 heterocycles. The summed E-state index contributed by atoms with van der Waals surface area (Å²) in [5.41, 5.74) is 0.881. The van der Waals surface area contributed by atoms with Gasteiger partial charge in [-0.25, -0.2) is 0 Å². The molecule has 128 valence electrons. The summed E-state index contributed by atoms with van der Waals surface area (Å²) in [6, 6.07) is 9.59. The number of nitrogens with one attached hydrogen (secondary N) is 1. The number of aromatic nitrogens is 2. The number of carbonyl (C=O) groups is 1. The Morgan fingerprint density at radius 1 is 1.25 bits per heavy atom. The Bertz CT molecular complexity index is 638. The lowest BCUT2D eigenvalue weighted by Gasteiger charge is -2.05. The van der Waals surface area contributed by atoms with Gasteiger partial charge in [0.25, 0.3) is 0 Å². The molecule has 0 unspecified atom stereocenters. The Morgan fingerprint density at radius 2 is 2.08 bits per heavy atom. The van der Waals surface area contributed by atoms with Crippen LogP contribution in [0.15, 0.2) is 34.7 Å². The standard InChI is InChI=1S/C18H23N3O3/c22-16(19-11-4-12-23-13-14-7-8-14)9-10-17-20-21-18(24-17)15-5-2-1-3-6-15/h1-3,5-6,14H,4,7-13H2,(H,19,22). The summed E-state index contributed by atoms with van der Waals surface area (Å²) in [6.07, 6.45) is 4.25. The number of ether oxygens (including phenoxy) is 1. The fraction of sp³-hybridized carbons (Fsp3) is 0.500. The van der Waals surface area contributed by atoms with Gasteiger partial charge in [0.05, 0.1) is 0 Å². The molecular formula is C18H23N3O3. The molecule has 0 saturated heterocycles. The van der Waals surface area contributed by atoms with E-state index >= 15 is 0 Å². The molecule has 3 rings (SSSR count). The molecule has 1 aliphatic rings. The zero-order valence-corrected chi connectivity index (χ0v) is 13.7. The molecule has 0 aliphatic heterocycles. The number of benzene rings is 1. The Kier molecular flexibility index (Phi) is 5.96. The van der Waals surface area contributed by atoms with Crippen molar-refractivity contribution in [2.24, 2.45) is 5.92 Å². The van der Waals surface area contributed by atoms with Crippen LogP contribution in [0, 0.1) is 5.92 Å². The fourth-order valence-electron chi connectivity index (χ4n) is 2.30. The molecule has 6 nitrogen and oxygen atoms in total. The second kappa shape index (κ2) is 8.59. The molecule has 1 saturated carbocycles. The van der Waals surface area contributed by atoms with Gasteiger partial charge < -0.3 is 14.5 Å². The molecule has 0 radical (unpaired) electrons. The third-order valence-electron chi connectivity index (χ3n) is 3.89. The average Bonchev–Trinajstić information content (AvgIpc) is 3.32. The average molecular weight is 329 g/mol. The molecule has 1 aliphatic carbocycles. The van der Waals surface area contributed by atoms with Gasteiger partial charge in [0.15, 0.2) is 0 Å². The first kappa shape index (κ1) is 16.6. The molecular weight excluding hydrogens is 306 g/mol. The topological polar surface area (TPSA) is 77.2 Å². The smallest absolute Gasteiger partial charge is 0.247 e. The van der Waals surface area contributed by atoms with Gasteiger partial charge in [0.1, 0.15) is 0 Å². The van der Waals surface area contributed by atoms with E-state index in [4.69, 9.17) is 9.15 Å². The largest absolute Gasteiger partial charge is 0.421 e. The quantitative estimate of drug-likeness (QED) is 0.678. The number of aryl methyl sites for hydroxylation is 1. The second-order valence-corrected chi connectivity index (χ2v) is 6.09. The van der Waals surface area contributed by atoms with Gasteiger partial charge in [0.2, 0.25) is 17.7 Å². The molecule has 1 amide bonds. The van der Waals surface area contributed by atoms with E-state index in [0.717, 1.165) is 24.5 Å². The second-order valence-electron chi connectivity index (χ2n) is 6.09. The predicted molar refractivity (Wildman–Crippen MR) is 89.2 cm³/mol. The van der Waals surface area contributed by atoms with E-state index in [9.17, 15) is 4.79 Å². The van der Waals surface area contributed by atoms with E-state index in [1.54, 1.807) is 0 Å². The van der Waals surface area contributed by atoms with Crippen molar-refractivity contribution < 1.29 is 13.9 Å². The summed E-state index contributed by atoms with van der Waals surface area (Å²) in [5, 5.41) is 10.9. The first-order chi connectivity index (χ1) is 11.8. The Balaban J connectivity index is 1.30. The van der Waals surface area contributed by atoms with Crippen LogP contribution in [0.4, 0.5) is 0 Å². The molecule has 2 aromatic rings. The minimum absolute atomic E-state index is 0.00310. The highest BCUT2D eigenvalue weighted by Gasteiger charge is 2.20. The highest BCUT2D eigenvalue weighted by Crippen LogP contribution is 2.28. The summed E-state index contributed by atoms with van der Waals surface area (Å²) < 4.78 is 11.1. The number of hydrogen-bond donors (Lipinski definition) is 1. The van der Waals surface area contributed by atoms with E-state index < -0.39 is 0 Å². The van der Waals surface area contributed by atoms with Crippen molar-refractivity contribution in [1.82, 2.24) is 15.5 Å². The van der Waals surface area contributed by atoms with E-state index in [2.05, 4.69) is 15.5 Å². The van der Waals surface area contributed by atoms with E-state index in [1.807, 2.05) is 30.3 Å². The van der Waals surface area contributed by atoms with Crippen molar-refractivity contribution in [3.8, 4) is 11.5 Å². The van der Waals surface area contributed by atoms with Crippen LogP contribution in [0.1, 0.15) is 31.6 Å². The summed E-state index contributed by atoms with van der Waals surface area (Å²) >= 11 is 0. The lowest BCUT2D eigenvalue weighted by atomic mass is 10.2. The third-order valence-corrected chi connectivity index (χ3v) is 3.89. The summed E-state index contributed by atoms with van der Waals surface area (Å²) in [7, 11) is 0. The molecule has 0 spiro atoms. The van der Waals surface area contributed by atoms with Gasteiger partial charge in [-0.2, -0.15) is 0 Å². The minimum Gasteiger partial charge on any atom is -0.421 e. The summed E-state index contributed by atoms with van der Waals surface area (Å²) in [6.45, 7) is 2.22. The Hall–Kier alpha value is -2.21. The lowest BCUT2D eigenvalue weighted by Crippen LogP contribution is -2.25. The SMILES string of the molecule is O=C(CCc1nnc(-c2ccccc2)o1)NCCCOCC1CC1. The van der Waals surface area contributed by atoms with E-state index in [-0.39, 0.29) is 5.91 Å². The van der Waals surface area contributed by atoms with Crippen molar-refractivity contribution in [2.45, 2.75) is 32.1 Å². The molecule has 1 N–H and O–H groups in total. The Morgan fingerprint density at radius 3 is 2.88 bits per heavy atom. The highest BCUT2D eigenvalue weighted by molar-refractivity contribution is 5.75. The van der Waals surface area contributed by atoms with Gasteiger partial charge in [-0.3, -0.25) is 4.79 Å². The number of hydrogen-bond acceptors (Lipinski definition) is 5. The van der Waals surface area contributed by atoms with Crippen LogP contribution in [0.3, 0.4) is 0 Å². The molecule has 24 heavy (non-hydrogen) atoms. The third kappa shape index (κ3) is 5.45. The van der Waals surface area contributed by atoms with Crippen LogP contribution in [-0.4, -0.2) is 35.9 Å². The van der Waals surface area contributed by atoms with Crippen LogP contribution in [0.5, 0.6) is 0 Å². The minimum atomic E-state index is -0.00310. The Labute approximate surface area is 141 Å². The number of carbonyl (C=O) groups excluding carboxylic acids is 1. The number of nitrogens with zero attached hydrogens (tertiary/aromatic N) is 2. The molecule has 1 aromatic carbocycles. The first-order valence-electron chi connectivity index (χ1n) is 8.53. The zero-order valence-electron chi connectivity index (χ0n) is 13.7. The van der Waals surface area contributed by atoms with Crippen molar-refractivity contribution >= 4 is 5.91 Å². The van der Waals surface area contributed by atoms with Crippen molar-refractivity contribution in [2.75, 3.05) is 19.8 Å². The number of amides is 1. The molecule has 1 fully saturated rings. The van der Waals surface area contributed by atoms with Gasteiger partial charge in [-0.05, 0) is 37.3 Å². The molecule has 6 heteroatoms. The monoisotopic (exact) mass is 329 g/mol. The lowest BCUT2D eigenvalue weighted by molar-refractivity contribution is -0.121. The van der Waals surface area contributed by atoms with Crippen LogP contribution < -0.4 is 5.32 Å². The van der Waals surface area contributed by atoms with Crippen molar-refractivity contribution in [1.29, 1.82) is 0 Å². The van der Waals surface area contributed by atoms with E-state index in [1.165, 1.54) is 12.8 Å². The summed E-state index contributed by atoms with van der Waals surface area (Å²) in [4.78, 5) is 11.8. The van der Waals surface area contributed by atoms with E-state index in [0.29, 0.717) is 37.8 Å². The fourth-order valence-corrected chi connectivity index (χ4v) is 2.30. The molecule has 0 bridgehead atoms. The van der Waals surface area contributed by atoms with Gasteiger partial charge in [-0.1, -0.05) is 18.2 Å². The maximum atomic E-state index is 11.8. The maximum Gasteiger partial charge on any atom is 0.247 e. The summed E-state index contributed by atoms with van der Waals surface area (Å²) in [5.74, 6) is 1.75. The maximum absolute atomic E-state index is 11.8. The highest BCUT2D eigenvalue weighted by atomic mass is 16.5. The molecule has 1 aromatic heterocycles. The predicted octanol–water partition coefficient (Wildman–Crippen LogP) is 2.60. The van der Waals surface area contributed by atoms with Crippen molar-refractivity contribution in [3.05, 3.63) is 36.2 Å². The van der Waals surface area contributed by atoms with Gasteiger partial charge >= 0.3 is 0 Å². The normalized spacial score (nSPS) is 13.8. The van der Waals surface area contributed by atoms with Gasteiger partial charge in [-0.15, -0.1) is 10.2 Å². The van der Waals surface area contributed by atoms with Crippen molar-refractivity contribution in [3.63, 3.8) is 0 Å². The molecule has 0 atom stereocenters. The van der Waals surface area contributed by atoms with Crippen LogP contribution >= 0.6 is 0 Å². The van der Waals surface area contributed by atoms with Crippen LogP contribution in [0.2, 0.25) is 0 Å². The zero-order chi connectivity index (χ0) is 16.6. The van der Waals surface area contributed by atoms with Gasteiger partial charge in [0, 0.05) is 38.2 Å². The van der Waals surface area contributed by atoms with Crippen LogP contribution in [-0.2, 0) is 16.0 Å². The first-order valence-corrected chi connectivity index (χ1v) is 8.53. The number of rotatable bonds is 10.